The number of hydrogen-bond acceptors (Lipinski definition) is 3. The number of rotatable bonds is 2. The largest absolute Gasteiger partial charge is 0.466 e. The summed E-state index contributed by atoms with van der Waals surface area (Å²) in [7, 11) is 2.00. The Labute approximate surface area is 84.4 Å². The van der Waals surface area contributed by atoms with Gasteiger partial charge in [0.1, 0.15) is 11.4 Å². The minimum atomic E-state index is -0.255. The van der Waals surface area contributed by atoms with Crippen LogP contribution in [0.1, 0.15) is 25.5 Å². The van der Waals surface area contributed by atoms with E-state index >= 15 is 0 Å². The van der Waals surface area contributed by atoms with E-state index < -0.39 is 0 Å². The monoisotopic (exact) mass is 195 g/mol. The van der Waals surface area contributed by atoms with Gasteiger partial charge in [-0.15, -0.1) is 0 Å². The fraction of sp³-hybridized carbons (Fsp3) is 0.636. The lowest BCUT2D eigenvalue weighted by molar-refractivity contribution is -0.0928. The summed E-state index contributed by atoms with van der Waals surface area (Å²) in [5.74, 6) is 0.928. The quantitative estimate of drug-likeness (QED) is 0.782. The molecule has 1 aromatic heterocycles. The molecule has 0 bridgehead atoms. The number of hydrogen-bond donors (Lipinski definition) is 1. The van der Waals surface area contributed by atoms with Gasteiger partial charge >= 0.3 is 0 Å². The van der Waals surface area contributed by atoms with E-state index in [2.05, 4.69) is 12.2 Å². The first-order chi connectivity index (χ1) is 6.74. The van der Waals surface area contributed by atoms with E-state index in [1.54, 1.807) is 6.26 Å². The molecule has 1 aromatic rings. The van der Waals surface area contributed by atoms with Crippen LogP contribution in [0.4, 0.5) is 0 Å². The molecule has 2 unspecified atom stereocenters. The smallest absolute Gasteiger partial charge is 0.135 e. The molecule has 0 radical (unpaired) electrons. The molecule has 3 nitrogen and oxygen atoms in total. The number of nitrogens with one attached hydrogen (secondary N) is 1. The van der Waals surface area contributed by atoms with Gasteiger partial charge in [-0.05, 0) is 38.9 Å². The molecule has 1 N–H and O–H groups in total. The van der Waals surface area contributed by atoms with E-state index in [1.807, 2.05) is 19.2 Å². The second-order valence-electron chi connectivity index (χ2n) is 4.04. The van der Waals surface area contributed by atoms with Gasteiger partial charge in [0.25, 0.3) is 0 Å². The van der Waals surface area contributed by atoms with Crippen molar-refractivity contribution in [2.45, 2.75) is 31.4 Å². The maximum atomic E-state index is 5.81. The topological polar surface area (TPSA) is 34.4 Å². The summed E-state index contributed by atoms with van der Waals surface area (Å²) in [6, 6.07) is 4.42. The third kappa shape index (κ3) is 1.70. The molecule has 0 saturated carbocycles. The van der Waals surface area contributed by atoms with Crippen LogP contribution in [-0.2, 0) is 10.3 Å². The van der Waals surface area contributed by atoms with Gasteiger partial charge in [0.2, 0.25) is 0 Å². The third-order valence-electron chi connectivity index (χ3n) is 2.97. The zero-order valence-corrected chi connectivity index (χ0v) is 8.75. The Hall–Kier alpha value is -0.800. The van der Waals surface area contributed by atoms with E-state index in [-0.39, 0.29) is 5.60 Å². The first kappa shape index (κ1) is 9.74. The van der Waals surface area contributed by atoms with E-state index in [0.29, 0.717) is 6.04 Å². The molecule has 0 aromatic carbocycles. The molecule has 78 valence electrons. The van der Waals surface area contributed by atoms with E-state index in [0.717, 1.165) is 25.2 Å². The van der Waals surface area contributed by atoms with Gasteiger partial charge in [-0.25, -0.2) is 0 Å². The van der Waals surface area contributed by atoms with Crippen molar-refractivity contribution in [2.75, 3.05) is 13.7 Å². The molecular formula is C11H17NO2. The Morgan fingerprint density at radius 2 is 2.43 bits per heavy atom. The molecule has 2 rings (SSSR count). The van der Waals surface area contributed by atoms with Gasteiger partial charge in [-0.2, -0.15) is 0 Å². The molecular weight excluding hydrogens is 178 g/mol. The van der Waals surface area contributed by atoms with Gasteiger partial charge in [0.05, 0.1) is 6.26 Å². The number of ether oxygens (including phenoxy) is 1. The van der Waals surface area contributed by atoms with Crippen molar-refractivity contribution < 1.29 is 9.15 Å². The van der Waals surface area contributed by atoms with Crippen LogP contribution in [0.25, 0.3) is 0 Å². The zero-order valence-electron chi connectivity index (χ0n) is 8.75. The van der Waals surface area contributed by atoms with Crippen molar-refractivity contribution in [3.8, 4) is 0 Å². The van der Waals surface area contributed by atoms with Gasteiger partial charge < -0.3 is 14.5 Å². The standard InChI is InChI=1S/C11H17NO2/c1-11(10-4-3-6-13-10)8-9(12-2)5-7-14-11/h3-4,6,9,12H,5,7-8H2,1-2H3. The van der Waals surface area contributed by atoms with Crippen LogP contribution in [0, 0.1) is 0 Å². The molecule has 1 fully saturated rings. The minimum absolute atomic E-state index is 0.255. The maximum Gasteiger partial charge on any atom is 0.135 e. The second-order valence-corrected chi connectivity index (χ2v) is 4.04. The highest BCUT2D eigenvalue weighted by Crippen LogP contribution is 2.34. The van der Waals surface area contributed by atoms with Crippen LogP contribution in [0.5, 0.6) is 0 Å². The first-order valence-corrected chi connectivity index (χ1v) is 5.10. The van der Waals surface area contributed by atoms with Crippen molar-refractivity contribution in [2.24, 2.45) is 0 Å². The molecule has 2 heterocycles. The normalized spacial score (nSPS) is 33.1. The summed E-state index contributed by atoms with van der Waals surface area (Å²) in [5, 5.41) is 3.30. The van der Waals surface area contributed by atoms with E-state index in [1.165, 1.54) is 0 Å². The van der Waals surface area contributed by atoms with Crippen LogP contribution < -0.4 is 5.32 Å². The Morgan fingerprint density at radius 3 is 3.07 bits per heavy atom. The van der Waals surface area contributed by atoms with Crippen molar-refractivity contribution >= 4 is 0 Å². The molecule has 0 spiro atoms. The maximum absolute atomic E-state index is 5.81. The molecule has 14 heavy (non-hydrogen) atoms. The van der Waals surface area contributed by atoms with Gasteiger partial charge in [-0.3, -0.25) is 0 Å². The van der Waals surface area contributed by atoms with Gasteiger partial charge in [-0.1, -0.05) is 0 Å². The highest BCUT2D eigenvalue weighted by molar-refractivity contribution is 5.10. The van der Waals surface area contributed by atoms with Crippen LogP contribution >= 0.6 is 0 Å². The van der Waals surface area contributed by atoms with E-state index in [9.17, 15) is 0 Å². The molecule has 0 amide bonds. The lowest BCUT2D eigenvalue weighted by atomic mass is 9.90. The first-order valence-electron chi connectivity index (χ1n) is 5.10. The van der Waals surface area contributed by atoms with Crippen LogP contribution in [-0.4, -0.2) is 19.7 Å². The SMILES string of the molecule is CNC1CCOC(C)(c2ccco2)C1. The molecule has 1 saturated heterocycles. The number of furan rings is 1. The Bertz CT molecular complexity index is 283. The molecule has 3 heteroatoms. The third-order valence-corrected chi connectivity index (χ3v) is 2.97. The van der Waals surface area contributed by atoms with Gasteiger partial charge in [0, 0.05) is 12.6 Å². The van der Waals surface area contributed by atoms with Gasteiger partial charge in [0.15, 0.2) is 0 Å². The average molecular weight is 195 g/mol. The molecule has 0 aliphatic carbocycles. The average Bonchev–Trinajstić information content (AvgIpc) is 2.71. The highest BCUT2D eigenvalue weighted by atomic mass is 16.5. The summed E-state index contributed by atoms with van der Waals surface area (Å²) in [5.41, 5.74) is -0.255. The van der Waals surface area contributed by atoms with Crippen LogP contribution in [0.2, 0.25) is 0 Å². The predicted molar refractivity (Wildman–Crippen MR) is 54.1 cm³/mol. The summed E-state index contributed by atoms with van der Waals surface area (Å²) >= 11 is 0. The Balaban J connectivity index is 2.15. The van der Waals surface area contributed by atoms with Crippen molar-refractivity contribution in [1.29, 1.82) is 0 Å². The Morgan fingerprint density at radius 1 is 1.57 bits per heavy atom. The summed E-state index contributed by atoms with van der Waals surface area (Å²) in [4.78, 5) is 0. The highest BCUT2D eigenvalue weighted by Gasteiger charge is 2.36. The molecule has 1 aliphatic heterocycles. The lowest BCUT2D eigenvalue weighted by Gasteiger charge is -2.36. The fourth-order valence-corrected chi connectivity index (χ4v) is 2.06. The minimum Gasteiger partial charge on any atom is -0.466 e. The van der Waals surface area contributed by atoms with E-state index in [4.69, 9.17) is 9.15 Å². The molecule has 2 atom stereocenters. The zero-order chi connectivity index (χ0) is 10.0. The summed E-state index contributed by atoms with van der Waals surface area (Å²) in [6.45, 7) is 2.89. The lowest BCUT2D eigenvalue weighted by Crippen LogP contribution is -2.42. The Kier molecular flexibility index (Phi) is 2.61. The molecule has 1 aliphatic rings. The van der Waals surface area contributed by atoms with Crippen molar-refractivity contribution in [3.63, 3.8) is 0 Å². The fourth-order valence-electron chi connectivity index (χ4n) is 2.06. The van der Waals surface area contributed by atoms with Crippen molar-refractivity contribution in [3.05, 3.63) is 24.2 Å². The summed E-state index contributed by atoms with van der Waals surface area (Å²) < 4.78 is 11.2. The second kappa shape index (κ2) is 3.75. The predicted octanol–water partition coefficient (Wildman–Crippen LogP) is 1.89. The van der Waals surface area contributed by atoms with Crippen molar-refractivity contribution in [1.82, 2.24) is 5.32 Å². The van der Waals surface area contributed by atoms with Crippen LogP contribution in [0.15, 0.2) is 22.8 Å². The van der Waals surface area contributed by atoms with Crippen LogP contribution in [0.3, 0.4) is 0 Å². The summed E-state index contributed by atoms with van der Waals surface area (Å²) in [6.07, 6.45) is 3.75.